The van der Waals surface area contributed by atoms with Gasteiger partial charge >= 0.3 is 17.8 Å². The van der Waals surface area contributed by atoms with Crippen LogP contribution in [0.3, 0.4) is 0 Å². The Hall–Kier alpha value is -4.37. The van der Waals surface area contributed by atoms with Gasteiger partial charge in [-0.25, -0.2) is 10.2 Å². The summed E-state index contributed by atoms with van der Waals surface area (Å²) < 4.78 is 16.0. The molecule has 0 aromatic heterocycles. The Morgan fingerprint density at radius 1 is 0.943 bits per heavy atom. The molecule has 10 heteroatoms. The summed E-state index contributed by atoms with van der Waals surface area (Å²) in [6.45, 7) is 2.39. The smallest absolute Gasteiger partial charge is 0.343 e. The lowest BCUT2D eigenvalue weighted by molar-refractivity contribution is -0.136. The van der Waals surface area contributed by atoms with Gasteiger partial charge in [-0.3, -0.25) is 9.59 Å². The summed E-state index contributed by atoms with van der Waals surface area (Å²) in [5, 5.41) is 6.75. The quantitative estimate of drug-likeness (QED) is 0.160. The first kappa shape index (κ1) is 25.3. The average molecular weight is 496 g/mol. The van der Waals surface area contributed by atoms with Crippen LogP contribution in [0.2, 0.25) is 5.02 Å². The summed E-state index contributed by atoms with van der Waals surface area (Å²) in [6.07, 6.45) is 1.31. The van der Waals surface area contributed by atoms with Crippen LogP contribution in [-0.4, -0.2) is 37.7 Å². The third-order valence-corrected chi connectivity index (χ3v) is 4.73. The molecule has 0 spiro atoms. The monoisotopic (exact) mass is 495 g/mol. The number of halogens is 1. The summed E-state index contributed by atoms with van der Waals surface area (Å²) in [6, 6.07) is 17.5. The zero-order chi connectivity index (χ0) is 25.2. The predicted octanol–water partition coefficient (Wildman–Crippen LogP) is 4.06. The van der Waals surface area contributed by atoms with Crippen LogP contribution in [0.4, 0.5) is 5.69 Å². The van der Waals surface area contributed by atoms with Crippen LogP contribution in [0.15, 0.2) is 71.8 Å². The van der Waals surface area contributed by atoms with E-state index in [4.69, 9.17) is 25.8 Å². The molecule has 0 saturated carbocycles. The van der Waals surface area contributed by atoms with Gasteiger partial charge in [0, 0.05) is 10.7 Å². The van der Waals surface area contributed by atoms with E-state index in [1.54, 1.807) is 60.7 Å². The van der Waals surface area contributed by atoms with Crippen LogP contribution in [0.5, 0.6) is 17.2 Å². The first-order valence-corrected chi connectivity index (χ1v) is 10.8. The fourth-order valence-electron chi connectivity index (χ4n) is 2.80. The molecule has 3 aromatic rings. The summed E-state index contributed by atoms with van der Waals surface area (Å²) in [7, 11) is 1.42. The van der Waals surface area contributed by atoms with E-state index in [0.717, 1.165) is 0 Å². The second kappa shape index (κ2) is 12.2. The maximum atomic E-state index is 12.3. The van der Waals surface area contributed by atoms with Gasteiger partial charge in [0.2, 0.25) is 0 Å². The highest BCUT2D eigenvalue weighted by atomic mass is 35.5. The van der Waals surface area contributed by atoms with E-state index in [1.165, 1.54) is 19.4 Å². The molecule has 0 aliphatic heterocycles. The Labute approximate surface area is 206 Å². The van der Waals surface area contributed by atoms with Crippen molar-refractivity contribution in [3.63, 3.8) is 0 Å². The van der Waals surface area contributed by atoms with Crippen LogP contribution >= 0.6 is 11.6 Å². The lowest BCUT2D eigenvalue weighted by Crippen LogP contribution is -2.32. The first-order valence-electron chi connectivity index (χ1n) is 10.4. The van der Waals surface area contributed by atoms with Crippen LogP contribution in [-0.2, 0) is 9.59 Å². The largest absolute Gasteiger partial charge is 0.494 e. The van der Waals surface area contributed by atoms with Crippen molar-refractivity contribution in [2.45, 2.75) is 6.92 Å². The number of hydrogen-bond acceptors (Lipinski definition) is 7. The number of amides is 2. The number of rotatable bonds is 8. The van der Waals surface area contributed by atoms with Crippen molar-refractivity contribution in [2.75, 3.05) is 19.0 Å². The second-order valence-corrected chi connectivity index (χ2v) is 7.35. The van der Waals surface area contributed by atoms with Gasteiger partial charge in [-0.05, 0) is 79.2 Å². The molecule has 3 rings (SSSR count). The maximum Gasteiger partial charge on any atom is 0.343 e. The maximum absolute atomic E-state index is 12.3. The molecule has 0 fully saturated rings. The van der Waals surface area contributed by atoms with Gasteiger partial charge in [0.05, 0.1) is 25.5 Å². The van der Waals surface area contributed by atoms with Gasteiger partial charge < -0.3 is 19.5 Å². The van der Waals surface area contributed by atoms with E-state index in [-0.39, 0.29) is 11.5 Å². The normalized spacial score (nSPS) is 10.5. The van der Waals surface area contributed by atoms with Crippen LogP contribution in [0.1, 0.15) is 22.8 Å². The number of carbonyl (C=O) groups is 3. The number of nitrogens with zero attached hydrogens (tertiary/aromatic N) is 1. The zero-order valence-corrected chi connectivity index (χ0v) is 19.7. The molecular weight excluding hydrogens is 474 g/mol. The highest BCUT2D eigenvalue weighted by Crippen LogP contribution is 2.28. The lowest BCUT2D eigenvalue weighted by Gasteiger charge is -2.10. The van der Waals surface area contributed by atoms with E-state index < -0.39 is 17.8 Å². The number of nitrogens with one attached hydrogen (secondary N) is 2. The Balaban J connectivity index is 1.57. The molecule has 0 radical (unpaired) electrons. The minimum atomic E-state index is -0.949. The molecule has 0 saturated heterocycles. The topological polar surface area (TPSA) is 115 Å². The number of anilines is 1. The van der Waals surface area contributed by atoms with Crippen molar-refractivity contribution in [3.05, 3.63) is 82.9 Å². The van der Waals surface area contributed by atoms with Crippen molar-refractivity contribution >= 4 is 41.3 Å². The fraction of sp³-hybridized carbons (Fsp3) is 0.120. The number of carbonyl (C=O) groups excluding carboxylic acids is 3. The molecule has 2 N–H and O–H groups in total. The van der Waals surface area contributed by atoms with Crippen molar-refractivity contribution in [3.8, 4) is 17.2 Å². The minimum Gasteiger partial charge on any atom is -0.494 e. The van der Waals surface area contributed by atoms with Gasteiger partial charge in [0.25, 0.3) is 0 Å². The van der Waals surface area contributed by atoms with Crippen molar-refractivity contribution in [2.24, 2.45) is 5.10 Å². The van der Waals surface area contributed by atoms with Gasteiger partial charge in [-0.2, -0.15) is 5.10 Å². The Morgan fingerprint density at radius 2 is 1.66 bits per heavy atom. The van der Waals surface area contributed by atoms with E-state index in [0.29, 0.717) is 34.2 Å². The summed E-state index contributed by atoms with van der Waals surface area (Å²) in [5.74, 6) is -1.28. The van der Waals surface area contributed by atoms with Gasteiger partial charge in [0.1, 0.15) is 5.75 Å². The van der Waals surface area contributed by atoms with Crippen LogP contribution in [0.25, 0.3) is 0 Å². The van der Waals surface area contributed by atoms with Crippen molar-refractivity contribution in [1.29, 1.82) is 0 Å². The number of esters is 1. The molecular formula is C25H22ClN3O6. The minimum absolute atomic E-state index is 0.198. The standard InChI is InChI=1S/C25H22ClN3O6/c1-3-34-20-11-9-19(10-12-20)28-23(30)24(31)29-27-15-16-4-13-21(22(14-16)33-2)35-25(32)17-5-7-18(26)8-6-17/h4-15H,3H2,1-2H3,(H,28,30)(H,29,31)/b27-15+. The molecule has 0 unspecified atom stereocenters. The van der Waals surface area contributed by atoms with E-state index >= 15 is 0 Å². The van der Waals surface area contributed by atoms with E-state index in [1.807, 2.05) is 6.92 Å². The van der Waals surface area contributed by atoms with Crippen molar-refractivity contribution in [1.82, 2.24) is 5.43 Å². The average Bonchev–Trinajstić information content (AvgIpc) is 2.86. The number of benzene rings is 3. The SMILES string of the molecule is CCOc1ccc(NC(=O)C(=O)N/N=C/c2ccc(OC(=O)c3ccc(Cl)cc3)c(OC)c2)cc1. The third kappa shape index (κ3) is 7.31. The number of hydrazone groups is 1. The summed E-state index contributed by atoms with van der Waals surface area (Å²) >= 11 is 5.83. The molecule has 0 bridgehead atoms. The highest BCUT2D eigenvalue weighted by Gasteiger charge is 2.14. The molecule has 0 aliphatic rings. The number of methoxy groups -OCH3 is 1. The molecule has 0 atom stereocenters. The summed E-state index contributed by atoms with van der Waals surface area (Å²) in [4.78, 5) is 36.4. The fourth-order valence-corrected chi connectivity index (χ4v) is 2.92. The van der Waals surface area contributed by atoms with Gasteiger partial charge in [-0.1, -0.05) is 11.6 Å². The van der Waals surface area contributed by atoms with Crippen LogP contribution in [0, 0.1) is 0 Å². The Morgan fingerprint density at radius 3 is 2.31 bits per heavy atom. The zero-order valence-electron chi connectivity index (χ0n) is 18.9. The first-order chi connectivity index (χ1) is 16.9. The number of ether oxygens (including phenoxy) is 3. The van der Waals surface area contributed by atoms with Crippen LogP contribution < -0.4 is 25.0 Å². The predicted molar refractivity (Wildman–Crippen MR) is 131 cm³/mol. The second-order valence-electron chi connectivity index (χ2n) is 6.92. The number of hydrogen-bond donors (Lipinski definition) is 2. The summed E-state index contributed by atoms with van der Waals surface area (Å²) in [5.41, 5.74) is 3.44. The molecule has 0 aliphatic carbocycles. The molecule has 0 heterocycles. The van der Waals surface area contributed by atoms with E-state index in [9.17, 15) is 14.4 Å². The molecule has 2 amide bonds. The Kier molecular flexibility index (Phi) is 8.80. The van der Waals surface area contributed by atoms with Gasteiger partial charge in [0.15, 0.2) is 11.5 Å². The molecule has 9 nitrogen and oxygen atoms in total. The van der Waals surface area contributed by atoms with Crippen molar-refractivity contribution < 1.29 is 28.6 Å². The molecule has 180 valence electrons. The Bertz CT molecular complexity index is 1230. The van der Waals surface area contributed by atoms with Gasteiger partial charge in [-0.15, -0.1) is 0 Å². The molecule has 3 aromatic carbocycles. The molecule has 35 heavy (non-hydrogen) atoms. The lowest BCUT2D eigenvalue weighted by atomic mass is 10.2. The highest BCUT2D eigenvalue weighted by molar-refractivity contribution is 6.39. The third-order valence-electron chi connectivity index (χ3n) is 4.48. The van der Waals surface area contributed by atoms with E-state index in [2.05, 4.69) is 15.8 Å².